The first-order chi connectivity index (χ1) is 9.63. The number of carbonyl (C=O) groups excluding carboxylic acids is 1. The number of carbonyl (C=O) groups is 1. The number of rotatable bonds is 2. The first kappa shape index (κ1) is 12.8. The van der Waals surface area contributed by atoms with Crippen molar-refractivity contribution in [2.45, 2.75) is 6.92 Å². The van der Waals surface area contributed by atoms with Gasteiger partial charge in [0.1, 0.15) is 6.33 Å². The van der Waals surface area contributed by atoms with Crippen LogP contribution in [0.5, 0.6) is 0 Å². The van der Waals surface area contributed by atoms with Crippen LogP contribution in [0, 0.1) is 6.92 Å². The van der Waals surface area contributed by atoms with Gasteiger partial charge in [-0.25, -0.2) is 0 Å². The zero-order chi connectivity index (χ0) is 14.1. The highest BCUT2D eigenvalue weighted by Gasteiger charge is 2.11. The van der Waals surface area contributed by atoms with Crippen molar-refractivity contribution in [2.24, 2.45) is 0 Å². The van der Waals surface area contributed by atoms with E-state index < -0.39 is 0 Å². The fourth-order valence-electron chi connectivity index (χ4n) is 1.98. The lowest BCUT2D eigenvalue weighted by atomic mass is 10.1. The van der Waals surface area contributed by atoms with Gasteiger partial charge in [0.2, 0.25) is 0 Å². The van der Waals surface area contributed by atoms with Crippen LogP contribution >= 0.6 is 15.9 Å². The lowest BCUT2D eigenvalue weighted by Gasteiger charge is -2.07. The molecule has 1 aromatic carbocycles. The number of halogens is 1. The third-order valence-electron chi connectivity index (χ3n) is 2.89. The summed E-state index contributed by atoms with van der Waals surface area (Å²) in [6.45, 7) is 1.95. The second kappa shape index (κ2) is 5.05. The van der Waals surface area contributed by atoms with Crippen LogP contribution in [0.1, 0.15) is 15.9 Å². The molecule has 1 amide bonds. The molecule has 0 saturated carbocycles. The van der Waals surface area contributed by atoms with E-state index in [0.29, 0.717) is 16.9 Å². The van der Waals surface area contributed by atoms with E-state index in [-0.39, 0.29) is 5.91 Å². The zero-order valence-electron chi connectivity index (χ0n) is 10.7. The third kappa shape index (κ3) is 2.42. The Bertz CT molecular complexity index is 797. The Balaban J connectivity index is 1.97. The molecule has 6 heteroatoms. The molecule has 0 atom stereocenters. The Morgan fingerprint density at radius 3 is 3.00 bits per heavy atom. The molecule has 0 aliphatic rings. The van der Waals surface area contributed by atoms with E-state index in [0.717, 1.165) is 10.0 Å². The molecule has 0 saturated heterocycles. The van der Waals surface area contributed by atoms with E-state index >= 15 is 0 Å². The van der Waals surface area contributed by atoms with E-state index in [2.05, 4.69) is 31.4 Å². The van der Waals surface area contributed by atoms with Gasteiger partial charge in [-0.2, -0.15) is 0 Å². The van der Waals surface area contributed by atoms with Crippen molar-refractivity contribution >= 4 is 33.2 Å². The van der Waals surface area contributed by atoms with E-state index in [4.69, 9.17) is 0 Å². The van der Waals surface area contributed by atoms with Crippen molar-refractivity contribution in [2.75, 3.05) is 5.32 Å². The first-order valence-electron chi connectivity index (χ1n) is 6.00. The third-order valence-corrected chi connectivity index (χ3v) is 3.32. The summed E-state index contributed by atoms with van der Waals surface area (Å²) in [6, 6.07) is 9.23. The van der Waals surface area contributed by atoms with E-state index in [1.165, 1.54) is 0 Å². The van der Waals surface area contributed by atoms with Gasteiger partial charge in [0.25, 0.3) is 5.91 Å². The number of hydrogen-bond donors (Lipinski definition) is 1. The molecular weight excluding hydrogens is 320 g/mol. The fraction of sp³-hybridized carbons (Fsp3) is 0.0714. The normalized spacial score (nSPS) is 10.7. The number of nitrogens with zero attached hydrogens (tertiary/aromatic N) is 3. The monoisotopic (exact) mass is 330 g/mol. The van der Waals surface area contributed by atoms with Gasteiger partial charge in [-0.3, -0.25) is 9.20 Å². The number of aryl methyl sites for hydroxylation is 1. The van der Waals surface area contributed by atoms with Crippen molar-refractivity contribution in [1.29, 1.82) is 0 Å². The molecule has 0 aliphatic heterocycles. The average molecular weight is 331 g/mol. The minimum atomic E-state index is -0.170. The highest BCUT2D eigenvalue weighted by Crippen LogP contribution is 2.21. The molecule has 100 valence electrons. The lowest BCUT2D eigenvalue weighted by Crippen LogP contribution is -2.13. The molecular formula is C14H11BrN4O. The van der Waals surface area contributed by atoms with Crippen LogP contribution in [-0.4, -0.2) is 20.5 Å². The highest BCUT2D eigenvalue weighted by atomic mass is 79.9. The average Bonchev–Trinajstić information content (AvgIpc) is 2.86. The molecule has 2 heterocycles. The zero-order valence-corrected chi connectivity index (χ0v) is 12.3. The summed E-state index contributed by atoms with van der Waals surface area (Å²) >= 11 is 3.40. The quantitative estimate of drug-likeness (QED) is 0.785. The molecule has 0 bridgehead atoms. The van der Waals surface area contributed by atoms with Crippen molar-refractivity contribution in [1.82, 2.24) is 14.6 Å². The number of hydrogen-bond acceptors (Lipinski definition) is 3. The van der Waals surface area contributed by atoms with Gasteiger partial charge in [0.15, 0.2) is 5.65 Å². The smallest absolute Gasteiger partial charge is 0.255 e. The molecule has 20 heavy (non-hydrogen) atoms. The molecule has 1 N–H and O–H groups in total. The highest BCUT2D eigenvalue weighted by molar-refractivity contribution is 9.10. The number of anilines is 1. The van der Waals surface area contributed by atoms with Crippen molar-refractivity contribution in [3.05, 3.63) is 58.5 Å². The van der Waals surface area contributed by atoms with E-state index in [9.17, 15) is 4.79 Å². The first-order valence-corrected chi connectivity index (χ1v) is 6.80. The maximum atomic E-state index is 12.3. The van der Waals surface area contributed by atoms with Gasteiger partial charge >= 0.3 is 0 Å². The molecule has 0 spiro atoms. The molecule has 3 rings (SSSR count). The standard InChI is InChI=1S/C14H11BrN4O/c1-9-3-2-4-10(5-9)14(20)17-12-6-11(15)7-19-8-16-18-13(12)19/h2-8H,1H3,(H,17,20). The number of pyridine rings is 1. The van der Waals surface area contributed by atoms with Crippen molar-refractivity contribution < 1.29 is 4.79 Å². The van der Waals surface area contributed by atoms with Gasteiger partial charge in [-0.05, 0) is 41.1 Å². The number of amides is 1. The Morgan fingerprint density at radius 1 is 1.35 bits per heavy atom. The maximum absolute atomic E-state index is 12.3. The Hall–Kier alpha value is -2.21. The largest absolute Gasteiger partial charge is 0.319 e. The van der Waals surface area contributed by atoms with Gasteiger partial charge in [0, 0.05) is 16.2 Å². The minimum Gasteiger partial charge on any atom is -0.319 e. The fourth-order valence-corrected chi connectivity index (χ4v) is 2.42. The maximum Gasteiger partial charge on any atom is 0.255 e. The number of aromatic nitrogens is 3. The van der Waals surface area contributed by atoms with Gasteiger partial charge in [-0.1, -0.05) is 17.7 Å². The Labute approximate surface area is 123 Å². The van der Waals surface area contributed by atoms with Crippen molar-refractivity contribution in [3.8, 4) is 0 Å². The molecule has 3 aromatic rings. The topological polar surface area (TPSA) is 59.3 Å². The molecule has 0 radical (unpaired) electrons. The van der Waals surface area contributed by atoms with Crippen LogP contribution in [-0.2, 0) is 0 Å². The van der Waals surface area contributed by atoms with E-state index in [1.54, 1.807) is 22.9 Å². The number of benzene rings is 1. The van der Waals surface area contributed by atoms with Crippen LogP contribution in [0.3, 0.4) is 0 Å². The van der Waals surface area contributed by atoms with Gasteiger partial charge in [0.05, 0.1) is 5.69 Å². The summed E-state index contributed by atoms with van der Waals surface area (Å²) < 4.78 is 2.58. The summed E-state index contributed by atoms with van der Waals surface area (Å²) in [6.07, 6.45) is 3.42. The van der Waals surface area contributed by atoms with Crippen LogP contribution in [0.25, 0.3) is 5.65 Å². The SMILES string of the molecule is Cc1cccc(C(=O)Nc2cc(Br)cn3cnnc23)c1. The second-order valence-corrected chi connectivity index (χ2v) is 5.37. The summed E-state index contributed by atoms with van der Waals surface area (Å²) in [5.41, 5.74) is 2.87. The Morgan fingerprint density at radius 2 is 2.20 bits per heavy atom. The Kier molecular flexibility index (Phi) is 3.23. The molecule has 0 unspecified atom stereocenters. The summed E-state index contributed by atoms with van der Waals surface area (Å²) in [7, 11) is 0. The van der Waals surface area contributed by atoms with Crippen LogP contribution in [0.4, 0.5) is 5.69 Å². The molecule has 0 fully saturated rings. The summed E-state index contributed by atoms with van der Waals surface area (Å²) in [5, 5.41) is 10.7. The van der Waals surface area contributed by atoms with Gasteiger partial charge < -0.3 is 5.32 Å². The lowest BCUT2D eigenvalue weighted by molar-refractivity contribution is 0.102. The molecule has 5 nitrogen and oxygen atoms in total. The second-order valence-electron chi connectivity index (χ2n) is 4.46. The van der Waals surface area contributed by atoms with Crippen LogP contribution < -0.4 is 5.32 Å². The molecule has 2 aromatic heterocycles. The van der Waals surface area contributed by atoms with Gasteiger partial charge in [-0.15, -0.1) is 10.2 Å². The van der Waals surface area contributed by atoms with Crippen LogP contribution in [0.15, 0.2) is 47.3 Å². The summed E-state index contributed by atoms with van der Waals surface area (Å²) in [5.74, 6) is -0.170. The number of nitrogens with one attached hydrogen (secondary N) is 1. The van der Waals surface area contributed by atoms with Crippen LogP contribution in [0.2, 0.25) is 0 Å². The molecule has 0 aliphatic carbocycles. The minimum absolute atomic E-state index is 0.170. The van der Waals surface area contributed by atoms with Crippen molar-refractivity contribution in [3.63, 3.8) is 0 Å². The number of fused-ring (bicyclic) bond motifs is 1. The summed E-state index contributed by atoms with van der Waals surface area (Å²) in [4.78, 5) is 12.3. The predicted octanol–water partition coefficient (Wildman–Crippen LogP) is 3.05. The van der Waals surface area contributed by atoms with E-state index in [1.807, 2.05) is 31.3 Å². The predicted molar refractivity (Wildman–Crippen MR) is 79.8 cm³/mol.